The van der Waals surface area contributed by atoms with Crippen LogP contribution in [0.15, 0.2) is 0 Å². The smallest absolute Gasteiger partial charge is 0.410 e. The quantitative estimate of drug-likeness (QED) is 0.483. The molecule has 1 aromatic rings. The molecule has 0 saturated heterocycles. The van der Waals surface area contributed by atoms with Crippen molar-refractivity contribution < 1.29 is 14.3 Å². The molecule has 1 aliphatic heterocycles. The van der Waals surface area contributed by atoms with Gasteiger partial charge in [-0.25, -0.2) is 4.79 Å². The van der Waals surface area contributed by atoms with Crippen molar-refractivity contribution in [2.24, 2.45) is 0 Å². The van der Waals surface area contributed by atoms with Crippen LogP contribution in [-0.2, 0) is 24.2 Å². The van der Waals surface area contributed by atoms with Crippen molar-refractivity contribution in [3.05, 3.63) is 17.0 Å². The molecular weight excluding hydrogens is 306 g/mol. The Hall–Kier alpha value is -2.29. The molecule has 0 aromatic carbocycles. The van der Waals surface area contributed by atoms with Gasteiger partial charge in [0.15, 0.2) is 6.29 Å². The van der Waals surface area contributed by atoms with Crippen molar-refractivity contribution in [2.75, 3.05) is 0 Å². The van der Waals surface area contributed by atoms with Gasteiger partial charge in [0.1, 0.15) is 11.3 Å². The Bertz CT molecular complexity index is 664. The first-order valence-corrected chi connectivity index (χ1v) is 8.23. The topological polar surface area (TPSA) is 64.4 Å². The van der Waals surface area contributed by atoms with Gasteiger partial charge >= 0.3 is 6.09 Å². The number of aldehydes is 1. The summed E-state index contributed by atoms with van der Waals surface area (Å²) in [7, 11) is 0. The molecule has 1 aromatic heterocycles. The summed E-state index contributed by atoms with van der Waals surface area (Å²) in [5.41, 5.74) is 1.67. The van der Waals surface area contributed by atoms with Crippen molar-refractivity contribution in [3.63, 3.8) is 0 Å². The zero-order valence-electron chi connectivity index (χ0n) is 14.8. The molecule has 6 heteroatoms. The summed E-state index contributed by atoms with van der Waals surface area (Å²) in [5, 5.41) is 4.55. The lowest BCUT2D eigenvalue weighted by Crippen LogP contribution is -2.45. The summed E-state index contributed by atoms with van der Waals surface area (Å²) in [6.45, 7) is 8.42. The zero-order chi connectivity index (χ0) is 17.9. The highest BCUT2D eigenvalue weighted by atomic mass is 16.6. The second kappa shape index (κ2) is 7.08. The first-order valence-electron chi connectivity index (χ1n) is 8.23. The lowest BCUT2D eigenvalue weighted by molar-refractivity contribution is 0.0137. The van der Waals surface area contributed by atoms with Gasteiger partial charge in [-0.1, -0.05) is 0 Å². The summed E-state index contributed by atoms with van der Waals surface area (Å²) < 4.78 is 7.18. The molecule has 1 atom stereocenters. The van der Waals surface area contributed by atoms with Crippen LogP contribution in [0.2, 0.25) is 0 Å². The van der Waals surface area contributed by atoms with E-state index < -0.39 is 5.60 Å². The summed E-state index contributed by atoms with van der Waals surface area (Å²) >= 11 is 0. The van der Waals surface area contributed by atoms with E-state index in [4.69, 9.17) is 11.2 Å². The normalized spacial score (nSPS) is 17.1. The molecule has 0 N–H and O–H groups in total. The van der Waals surface area contributed by atoms with E-state index in [-0.39, 0.29) is 12.1 Å². The van der Waals surface area contributed by atoms with E-state index >= 15 is 0 Å². The highest BCUT2D eigenvalue weighted by Gasteiger charge is 2.34. The van der Waals surface area contributed by atoms with Crippen LogP contribution >= 0.6 is 0 Å². The van der Waals surface area contributed by atoms with E-state index in [2.05, 4.69) is 11.0 Å². The number of aryl methyl sites for hydroxylation is 1. The molecule has 0 unspecified atom stereocenters. The number of ether oxygens (including phenoxy) is 1. The summed E-state index contributed by atoms with van der Waals surface area (Å²) in [5.74, 6) is 2.59. The van der Waals surface area contributed by atoms with Crippen molar-refractivity contribution in [3.8, 4) is 12.3 Å². The van der Waals surface area contributed by atoms with Gasteiger partial charge in [0, 0.05) is 31.0 Å². The van der Waals surface area contributed by atoms with E-state index in [9.17, 15) is 9.59 Å². The van der Waals surface area contributed by atoms with Crippen molar-refractivity contribution in [1.82, 2.24) is 14.7 Å². The SMILES string of the molecule is C#CCCCn1nc2c(c1C=O)CN(C(=O)OC(C)(C)C)[C@H](C)C2. The number of fused-ring (bicyclic) bond motifs is 1. The van der Waals surface area contributed by atoms with Gasteiger partial charge in [0.05, 0.1) is 12.2 Å². The summed E-state index contributed by atoms with van der Waals surface area (Å²) in [6, 6.07) is -0.0269. The van der Waals surface area contributed by atoms with Gasteiger partial charge in [0.25, 0.3) is 0 Å². The third-order valence-corrected chi connectivity index (χ3v) is 3.96. The van der Waals surface area contributed by atoms with Gasteiger partial charge in [-0.2, -0.15) is 5.10 Å². The Morgan fingerprint density at radius 1 is 1.50 bits per heavy atom. The van der Waals surface area contributed by atoms with Crippen molar-refractivity contribution in [2.45, 2.75) is 71.7 Å². The molecule has 0 aliphatic carbocycles. The highest BCUT2D eigenvalue weighted by molar-refractivity contribution is 5.76. The number of amides is 1. The fourth-order valence-corrected chi connectivity index (χ4v) is 2.81. The van der Waals surface area contributed by atoms with Gasteiger partial charge in [-0.05, 0) is 34.1 Å². The fraction of sp³-hybridized carbons (Fsp3) is 0.611. The van der Waals surface area contributed by atoms with Crippen LogP contribution in [0.4, 0.5) is 4.79 Å². The van der Waals surface area contributed by atoms with Crippen LogP contribution < -0.4 is 0 Å². The van der Waals surface area contributed by atoms with E-state index in [1.807, 2.05) is 27.7 Å². The molecule has 2 heterocycles. The molecule has 0 spiro atoms. The van der Waals surface area contributed by atoms with Gasteiger partial charge in [-0.15, -0.1) is 12.3 Å². The molecule has 130 valence electrons. The van der Waals surface area contributed by atoms with Crippen LogP contribution in [0, 0.1) is 12.3 Å². The van der Waals surface area contributed by atoms with Crippen molar-refractivity contribution >= 4 is 12.4 Å². The van der Waals surface area contributed by atoms with Gasteiger partial charge < -0.3 is 9.64 Å². The highest BCUT2D eigenvalue weighted by Crippen LogP contribution is 2.27. The van der Waals surface area contributed by atoms with Crippen LogP contribution in [0.1, 0.15) is 62.3 Å². The Balaban J connectivity index is 2.23. The Morgan fingerprint density at radius 2 is 2.21 bits per heavy atom. The molecule has 1 amide bonds. The molecular formula is C18H25N3O3. The van der Waals surface area contributed by atoms with Gasteiger partial charge in [-0.3, -0.25) is 9.48 Å². The standard InChI is InChI=1S/C18H25N3O3/c1-6-7-8-9-21-16(12-22)14-11-20(13(2)10-15(14)19-21)17(23)24-18(3,4)5/h1,12-13H,7-11H2,2-5H3/t13-/m1/s1. The van der Waals surface area contributed by atoms with Crippen molar-refractivity contribution in [1.29, 1.82) is 0 Å². The van der Waals surface area contributed by atoms with E-state index in [0.717, 1.165) is 24.0 Å². The predicted octanol–water partition coefficient (Wildman–Crippen LogP) is 2.79. The second-order valence-corrected chi connectivity index (χ2v) is 7.12. The monoisotopic (exact) mass is 331 g/mol. The number of carbonyl (C=O) groups excluding carboxylic acids is 2. The Labute approximate surface area is 143 Å². The van der Waals surface area contributed by atoms with Gasteiger partial charge in [0.2, 0.25) is 0 Å². The maximum Gasteiger partial charge on any atom is 0.410 e. The van der Waals surface area contributed by atoms with Crippen LogP contribution in [0.5, 0.6) is 0 Å². The van der Waals surface area contributed by atoms with E-state index in [1.54, 1.807) is 9.58 Å². The first-order chi connectivity index (χ1) is 11.3. The maximum absolute atomic E-state index is 12.4. The number of nitrogens with zero attached hydrogens (tertiary/aromatic N) is 3. The summed E-state index contributed by atoms with van der Waals surface area (Å²) in [6.07, 6.45) is 7.74. The third kappa shape index (κ3) is 3.97. The largest absolute Gasteiger partial charge is 0.444 e. The lowest BCUT2D eigenvalue weighted by Gasteiger charge is -2.34. The number of unbranched alkanes of at least 4 members (excludes halogenated alkanes) is 1. The minimum atomic E-state index is -0.552. The molecule has 0 bridgehead atoms. The lowest BCUT2D eigenvalue weighted by atomic mass is 10.0. The van der Waals surface area contributed by atoms with Crippen LogP contribution in [0.25, 0.3) is 0 Å². The maximum atomic E-state index is 12.4. The molecule has 24 heavy (non-hydrogen) atoms. The fourth-order valence-electron chi connectivity index (χ4n) is 2.81. The van der Waals surface area contributed by atoms with Crippen LogP contribution in [0.3, 0.4) is 0 Å². The molecule has 0 saturated carbocycles. The number of aromatic nitrogens is 2. The molecule has 2 rings (SSSR count). The second-order valence-electron chi connectivity index (χ2n) is 7.12. The predicted molar refractivity (Wildman–Crippen MR) is 90.6 cm³/mol. The number of carbonyl (C=O) groups is 2. The molecule has 0 radical (unpaired) electrons. The zero-order valence-corrected chi connectivity index (χ0v) is 14.8. The number of terminal acetylenes is 1. The number of hydrogen-bond donors (Lipinski definition) is 0. The molecule has 6 nitrogen and oxygen atoms in total. The minimum absolute atomic E-state index is 0.0269. The van der Waals surface area contributed by atoms with E-state index in [1.165, 1.54) is 0 Å². The average molecular weight is 331 g/mol. The summed E-state index contributed by atoms with van der Waals surface area (Å²) in [4.78, 5) is 25.6. The first kappa shape index (κ1) is 18.1. The van der Waals surface area contributed by atoms with E-state index in [0.29, 0.717) is 31.6 Å². The Kier molecular flexibility index (Phi) is 5.33. The third-order valence-electron chi connectivity index (χ3n) is 3.96. The number of hydrogen-bond acceptors (Lipinski definition) is 4. The number of rotatable bonds is 4. The minimum Gasteiger partial charge on any atom is -0.444 e. The van der Waals surface area contributed by atoms with Crippen LogP contribution in [-0.4, -0.2) is 38.7 Å². The molecule has 1 aliphatic rings. The molecule has 0 fully saturated rings. The average Bonchev–Trinajstić information content (AvgIpc) is 2.81. The Morgan fingerprint density at radius 3 is 2.79 bits per heavy atom.